The molecule has 1 rings (SSSR count). The molecule has 94 valence electrons. The number of anilines is 1. The zero-order chi connectivity index (χ0) is 13.1. The molecule has 1 aromatic carbocycles. The maximum atomic E-state index is 11.5. The SMILES string of the molecule is COc1cccc(N(C)CC(C)(C)C(C)=O)c1. The van der Waals surface area contributed by atoms with Gasteiger partial charge in [0.05, 0.1) is 7.11 Å². The van der Waals surface area contributed by atoms with Crippen molar-refractivity contribution < 1.29 is 9.53 Å². The number of rotatable bonds is 5. The lowest BCUT2D eigenvalue weighted by molar-refractivity contribution is -0.124. The fraction of sp³-hybridized carbons (Fsp3) is 0.500. The number of hydrogen-bond donors (Lipinski definition) is 0. The highest BCUT2D eigenvalue weighted by atomic mass is 16.5. The molecule has 0 saturated carbocycles. The Bertz CT molecular complexity index is 399. The Hall–Kier alpha value is -1.51. The van der Waals surface area contributed by atoms with Crippen molar-refractivity contribution in [2.75, 3.05) is 25.6 Å². The summed E-state index contributed by atoms with van der Waals surface area (Å²) >= 11 is 0. The largest absolute Gasteiger partial charge is 0.497 e. The molecule has 0 amide bonds. The van der Waals surface area contributed by atoms with Gasteiger partial charge in [0.1, 0.15) is 11.5 Å². The molecule has 0 atom stereocenters. The van der Waals surface area contributed by atoms with Crippen LogP contribution in [0.1, 0.15) is 20.8 Å². The van der Waals surface area contributed by atoms with E-state index in [1.54, 1.807) is 14.0 Å². The molecule has 3 heteroatoms. The smallest absolute Gasteiger partial charge is 0.137 e. The van der Waals surface area contributed by atoms with Crippen molar-refractivity contribution in [3.63, 3.8) is 0 Å². The number of nitrogens with zero attached hydrogens (tertiary/aromatic N) is 1. The van der Waals surface area contributed by atoms with E-state index in [4.69, 9.17) is 4.74 Å². The molecule has 0 aliphatic heterocycles. The fourth-order valence-corrected chi connectivity index (χ4v) is 1.64. The van der Waals surface area contributed by atoms with Gasteiger partial charge in [-0.05, 0) is 19.1 Å². The van der Waals surface area contributed by atoms with E-state index >= 15 is 0 Å². The molecule has 1 aromatic rings. The van der Waals surface area contributed by atoms with E-state index in [1.807, 2.05) is 45.2 Å². The summed E-state index contributed by atoms with van der Waals surface area (Å²) in [5.74, 6) is 1.03. The van der Waals surface area contributed by atoms with Crippen LogP contribution < -0.4 is 9.64 Å². The first-order chi connectivity index (χ1) is 7.86. The molecule has 0 aliphatic carbocycles. The van der Waals surface area contributed by atoms with Gasteiger partial charge < -0.3 is 9.64 Å². The molecule has 0 spiro atoms. The summed E-state index contributed by atoms with van der Waals surface area (Å²) in [4.78, 5) is 13.6. The van der Waals surface area contributed by atoms with Crippen LogP contribution >= 0.6 is 0 Å². The van der Waals surface area contributed by atoms with E-state index in [1.165, 1.54) is 0 Å². The number of Topliss-reactive ketones (excluding diaryl/α,β-unsaturated/α-hetero) is 1. The van der Waals surface area contributed by atoms with Crippen molar-refractivity contribution in [3.05, 3.63) is 24.3 Å². The van der Waals surface area contributed by atoms with Crippen molar-refractivity contribution in [1.29, 1.82) is 0 Å². The van der Waals surface area contributed by atoms with Gasteiger partial charge in [-0.25, -0.2) is 0 Å². The van der Waals surface area contributed by atoms with Crippen LogP contribution in [0.2, 0.25) is 0 Å². The van der Waals surface area contributed by atoms with Crippen molar-refractivity contribution in [2.45, 2.75) is 20.8 Å². The van der Waals surface area contributed by atoms with E-state index in [-0.39, 0.29) is 11.2 Å². The van der Waals surface area contributed by atoms with Gasteiger partial charge in [-0.15, -0.1) is 0 Å². The molecule has 0 N–H and O–H groups in total. The summed E-state index contributed by atoms with van der Waals surface area (Å²) in [6.07, 6.45) is 0. The molecular weight excluding hydrogens is 214 g/mol. The molecule has 0 unspecified atom stereocenters. The molecule has 0 saturated heterocycles. The van der Waals surface area contributed by atoms with Crippen LogP contribution in [0.25, 0.3) is 0 Å². The highest BCUT2D eigenvalue weighted by Crippen LogP contribution is 2.24. The van der Waals surface area contributed by atoms with E-state index in [2.05, 4.69) is 4.90 Å². The number of hydrogen-bond acceptors (Lipinski definition) is 3. The quantitative estimate of drug-likeness (QED) is 0.786. The molecule has 0 aliphatic rings. The number of ether oxygens (including phenoxy) is 1. The summed E-state index contributed by atoms with van der Waals surface area (Å²) in [7, 11) is 3.64. The van der Waals surface area contributed by atoms with Crippen LogP contribution in [0, 0.1) is 5.41 Å². The fourth-order valence-electron chi connectivity index (χ4n) is 1.64. The average Bonchev–Trinajstić information content (AvgIpc) is 2.28. The van der Waals surface area contributed by atoms with E-state index in [9.17, 15) is 4.79 Å². The Morgan fingerprint density at radius 1 is 1.41 bits per heavy atom. The molecular formula is C14H21NO2. The second-order valence-corrected chi connectivity index (χ2v) is 5.00. The monoisotopic (exact) mass is 235 g/mol. The molecule has 0 aromatic heterocycles. The lowest BCUT2D eigenvalue weighted by Crippen LogP contribution is -2.36. The summed E-state index contributed by atoms with van der Waals surface area (Å²) < 4.78 is 5.19. The zero-order valence-corrected chi connectivity index (χ0v) is 11.3. The Balaban J connectivity index is 2.82. The average molecular weight is 235 g/mol. The summed E-state index contributed by atoms with van der Waals surface area (Å²) in [6, 6.07) is 7.84. The van der Waals surface area contributed by atoms with Crippen LogP contribution in [-0.2, 0) is 4.79 Å². The first kappa shape index (κ1) is 13.6. The third-order valence-corrected chi connectivity index (χ3v) is 3.08. The van der Waals surface area contributed by atoms with Gasteiger partial charge in [-0.1, -0.05) is 19.9 Å². The number of methoxy groups -OCH3 is 1. The Labute approximate surface area is 103 Å². The van der Waals surface area contributed by atoms with Crippen LogP contribution in [0.4, 0.5) is 5.69 Å². The van der Waals surface area contributed by atoms with Crippen molar-refractivity contribution in [3.8, 4) is 5.75 Å². The molecule has 17 heavy (non-hydrogen) atoms. The number of carbonyl (C=O) groups excluding carboxylic acids is 1. The van der Waals surface area contributed by atoms with Gasteiger partial charge >= 0.3 is 0 Å². The van der Waals surface area contributed by atoms with Gasteiger partial charge in [0, 0.05) is 30.8 Å². The predicted molar refractivity (Wildman–Crippen MR) is 70.7 cm³/mol. The summed E-state index contributed by atoms with van der Waals surface area (Å²) in [5, 5.41) is 0. The Morgan fingerprint density at radius 2 is 2.06 bits per heavy atom. The maximum absolute atomic E-state index is 11.5. The lowest BCUT2D eigenvalue weighted by Gasteiger charge is -2.29. The van der Waals surface area contributed by atoms with Crippen LogP contribution in [0.3, 0.4) is 0 Å². The van der Waals surface area contributed by atoms with E-state index in [0.717, 1.165) is 11.4 Å². The minimum Gasteiger partial charge on any atom is -0.497 e. The standard InChI is InChI=1S/C14H21NO2/c1-11(16)14(2,3)10-15(4)12-7-6-8-13(9-12)17-5/h6-9H,10H2,1-5H3. The molecule has 3 nitrogen and oxygen atoms in total. The summed E-state index contributed by atoms with van der Waals surface area (Å²) in [6.45, 7) is 6.26. The Morgan fingerprint density at radius 3 is 2.59 bits per heavy atom. The zero-order valence-electron chi connectivity index (χ0n) is 11.3. The lowest BCUT2D eigenvalue weighted by atomic mass is 9.88. The third kappa shape index (κ3) is 3.48. The van der Waals surface area contributed by atoms with Gasteiger partial charge in [0.2, 0.25) is 0 Å². The third-order valence-electron chi connectivity index (χ3n) is 3.08. The first-order valence-electron chi connectivity index (χ1n) is 5.73. The summed E-state index contributed by atoms with van der Waals surface area (Å²) in [5.41, 5.74) is 0.719. The Kier molecular flexibility index (Phi) is 4.16. The highest BCUT2D eigenvalue weighted by Gasteiger charge is 2.25. The van der Waals surface area contributed by atoms with Gasteiger partial charge in [-0.3, -0.25) is 4.79 Å². The maximum Gasteiger partial charge on any atom is 0.137 e. The number of ketones is 1. The minimum absolute atomic E-state index is 0.201. The normalized spacial score (nSPS) is 11.1. The van der Waals surface area contributed by atoms with Crippen molar-refractivity contribution in [2.24, 2.45) is 5.41 Å². The van der Waals surface area contributed by atoms with Gasteiger partial charge in [0.15, 0.2) is 0 Å². The highest BCUT2D eigenvalue weighted by molar-refractivity contribution is 5.82. The van der Waals surface area contributed by atoms with Gasteiger partial charge in [-0.2, -0.15) is 0 Å². The minimum atomic E-state index is -0.335. The molecule has 0 radical (unpaired) electrons. The molecule has 0 bridgehead atoms. The van der Waals surface area contributed by atoms with Crippen LogP contribution in [0.15, 0.2) is 24.3 Å². The predicted octanol–water partition coefficient (Wildman–Crippen LogP) is 2.75. The molecule has 0 fully saturated rings. The van der Waals surface area contributed by atoms with E-state index in [0.29, 0.717) is 6.54 Å². The van der Waals surface area contributed by atoms with Crippen LogP contribution in [-0.4, -0.2) is 26.5 Å². The van der Waals surface area contributed by atoms with Crippen molar-refractivity contribution in [1.82, 2.24) is 0 Å². The van der Waals surface area contributed by atoms with Crippen molar-refractivity contribution >= 4 is 11.5 Å². The molecule has 0 heterocycles. The number of carbonyl (C=O) groups is 1. The van der Waals surface area contributed by atoms with E-state index < -0.39 is 0 Å². The first-order valence-corrected chi connectivity index (χ1v) is 5.73. The second kappa shape index (κ2) is 5.21. The topological polar surface area (TPSA) is 29.5 Å². The number of benzene rings is 1. The van der Waals surface area contributed by atoms with Crippen LogP contribution in [0.5, 0.6) is 5.75 Å². The second-order valence-electron chi connectivity index (χ2n) is 5.00. The van der Waals surface area contributed by atoms with Gasteiger partial charge in [0.25, 0.3) is 0 Å².